The smallest absolute Gasteiger partial charge is 0.232 e. The number of anilines is 1. The van der Waals surface area contributed by atoms with Gasteiger partial charge in [-0.1, -0.05) is 0 Å². The molecule has 0 saturated carbocycles. The first kappa shape index (κ1) is 17.8. The Morgan fingerprint density at radius 3 is 2.60 bits per heavy atom. The first-order valence-corrected chi connectivity index (χ1v) is 10.4. The average Bonchev–Trinajstić information content (AvgIpc) is 3.05. The number of fused-ring (bicyclic) bond motifs is 1. The summed E-state index contributed by atoms with van der Waals surface area (Å²) in [5.41, 5.74) is 0.525. The summed E-state index contributed by atoms with van der Waals surface area (Å²) >= 11 is 0. The van der Waals surface area contributed by atoms with Gasteiger partial charge in [-0.05, 0) is 37.8 Å². The van der Waals surface area contributed by atoms with E-state index in [-0.39, 0.29) is 19.2 Å². The average molecular weight is 368 g/mol. The predicted molar refractivity (Wildman–Crippen MR) is 94.4 cm³/mol. The topological polar surface area (TPSA) is 76.2 Å². The molecule has 1 amide bonds. The number of amides is 1. The van der Waals surface area contributed by atoms with Crippen LogP contribution in [-0.2, 0) is 14.8 Å². The van der Waals surface area contributed by atoms with Gasteiger partial charge in [0, 0.05) is 32.1 Å². The molecule has 0 aliphatic carbocycles. The molecule has 0 bridgehead atoms. The van der Waals surface area contributed by atoms with E-state index in [1.54, 1.807) is 18.2 Å². The number of sulfonamides is 1. The van der Waals surface area contributed by atoms with Crippen LogP contribution in [0.1, 0.15) is 32.1 Å². The Labute approximate surface area is 148 Å². The zero-order valence-corrected chi connectivity index (χ0v) is 15.3. The van der Waals surface area contributed by atoms with E-state index in [1.165, 1.54) is 17.0 Å². The Hall–Kier alpha value is -1.96. The summed E-state index contributed by atoms with van der Waals surface area (Å²) in [6, 6.07) is 5.06. The largest absolute Gasteiger partial charge is 0.454 e. The zero-order valence-electron chi connectivity index (χ0n) is 14.4. The van der Waals surface area contributed by atoms with E-state index in [4.69, 9.17) is 9.47 Å². The molecule has 2 aliphatic rings. The van der Waals surface area contributed by atoms with Crippen LogP contribution in [0.15, 0.2) is 18.2 Å². The van der Waals surface area contributed by atoms with Crippen molar-refractivity contribution in [1.29, 1.82) is 0 Å². The van der Waals surface area contributed by atoms with E-state index in [0.29, 0.717) is 30.0 Å². The van der Waals surface area contributed by atoms with Crippen LogP contribution in [0.5, 0.6) is 11.5 Å². The number of piperidine rings is 1. The third-order valence-corrected chi connectivity index (χ3v) is 5.70. The molecule has 0 unspecified atom stereocenters. The van der Waals surface area contributed by atoms with E-state index >= 15 is 0 Å². The molecule has 1 fully saturated rings. The Bertz CT molecular complexity index is 729. The van der Waals surface area contributed by atoms with Crippen molar-refractivity contribution in [3.63, 3.8) is 0 Å². The lowest BCUT2D eigenvalue weighted by atomic mass is 10.1. The minimum absolute atomic E-state index is 0.110. The number of likely N-dealkylation sites (tertiary alicyclic amines) is 1. The van der Waals surface area contributed by atoms with Gasteiger partial charge >= 0.3 is 0 Å². The number of hydrogen-bond donors (Lipinski definition) is 0. The molecule has 0 spiro atoms. The Morgan fingerprint density at radius 1 is 1.16 bits per heavy atom. The highest BCUT2D eigenvalue weighted by Gasteiger charge is 2.22. The van der Waals surface area contributed by atoms with Crippen LogP contribution < -0.4 is 13.8 Å². The summed E-state index contributed by atoms with van der Waals surface area (Å²) in [4.78, 5) is 14.1. The third-order valence-electron chi connectivity index (χ3n) is 4.51. The Balaban J connectivity index is 1.63. The monoisotopic (exact) mass is 368 g/mol. The van der Waals surface area contributed by atoms with Crippen LogP contribution >= 0.6 is 0 Å². The molecular formula is C17H24N2O5S. The van der Waals surface area contributed by atoms with Gasteiger partial charge in [0.1, 0.15) is 0 Å². The van der Waals surface area contributed by atoms with Gasteiger partial charge in [-0.3, -0.25) is 9.10 Å². The van der Waals surface area contributed by atoms with Crippen molar-refractivity contribution in [1.82, 2.24) is 4.90 Å². The number of benzene rings is 1. The zero-order chi connectivity index (χ0) is 17.9. The number of ether oxygens (including phenoxy) is 2. The molecular weight excluding hydrogens is 344 g/mol. The van der Waals surface area contributed by atoms with Gasteiger partial charge in [-0.15, -0.1) is 0 Å². The second kappa shape index (κ2) is 7.51. The van der Waals surface area contributed by atoms with Crippen LogP contribution in [0, 0.1) is 0 Å². The highest BCUT2D eigenvalue weighted by molar-refractivity contribution is 7.92. The van der Waals surface area contributed by atoms with Crippen LogP contribution in [0.3, 0.4) is 0 Å². The fourth-order valence-electron chi connectivity index (χ4n) is 3.20. The van der Waals surface area contributed by atoms with E-state index in [0.717, 1.165) is 25.9 Å². The summed E-state index contributed by atoms with van der Waals surface area (Å²) in [5.74, 6) is 1.26. The lowest BCUT2D eigenvalue weighted by Gasteiger charge is -2.27. The van der Waals surface area contributed by atoms with E-state index in [2.05, 4.69) is 0 Å². The summed E-state index contributed by atoms with van der Waals surface area (Å²) in [6.45, 7) is 2.04. The molecule has 138 valence electrons. The molecule has 2 heterocycles. The molecule has 8 heteroatoms. The van der Waals surface area contributed by atoms with E-state index in [9.17, 15) is 13.2 Å². The Morgan fingerprint density at radius 2 is 1.88 bits per heavy atom. The second-order valence-corrected chi connectivity index (χ2v) is 8.32. The van der Waals surface area contributed by atoms with Crippen molar-refractivity contribution in [2.75, 3.05) is 37.0 Å². The van der Waals surface area contributed by atoms with Crippen molar-refractivity contribution >= 4 is 21.6 Å². The molecule has 1 aromatic carbocycles. The summed E-state index contributed by atoms with van der Waals surface area (Å²) < 4.78 is 36.2. The van der Waals surface area contributed by atoms with Gasteiger partial charge in [0.2, 0.25) is 22.7 Å². The van der Waals surface area contributed by atoms with E-state index in [1.807, 2.05) is 4.90 Å². The number of nitrogens with zero attached hydrogens (tertiary/aromatic N) is 2. The van der Waals surface area contributed by atoms with Gasteiger partial charge in [0.25, 0.3) is 0 Å². The predicted octanol–water partition coefficient (Wildman–Crippen LogP) is 1.97. The third kappa shape index (κ3) is 4.36. The molecule has 1 aromatic rings. The fraction of sp³-hybridized carbons (Fsp3) is 0.588. The van der Waals surface area contributed by atoms with Crippen molar-refractivity contribution < 1.29 is 22.7 Å². The molecule has 0 aromatic heterocycles. The normalized spacial score (nSPS) is 16.8. The molecule has 2 aliphatic heterocycles. The maximum absolute atomic E-state index is 12.2. The first-order valence-electron chi connectivity index (χ1n) is 8.60. The van der Waals surface area contributed by atoms with Gasteiger partial charge in [0.05, 0.1) is 11.9 Å². The molecule has 7 nitrogen and oxygen atoms in total. The second-order valence-electron chi connectivity index (χ2n) is 6.42. The first-order chi connectivity index (χ1) is 11.9. The maximum Gasteiger partial charge on any atom is 0.232 e. The van der Waals surface area contributed by atoms with Gasteiger partial charge in [0.15, 0.2) is 11.5 Å². The van der Waals surface area contributed by atoms with Crippen LogP contribution in [0.25, 0.3) is 0 Å². The molecule has 3 rings (SSSR count). The molecule has 0 N–H and O–H groups in total. The number of carbonyl (C=O) groups excluding carboxylic acids is 1. The van der Waals surface area contributed by atoms with Crippen molar-refractivity contribution in [2.24, 2.45) is 0 Å². The number of carbonyl (C=O) groups is 1. The molecule has 25 heavy (non-hydrogen) atoms. The summed E-state index contributed by atoms with van der Waals surface area (Å²) in [7, 11) is -3.45. The minimum atomic E-state index is -3.45. The van der Waals surface area contributed by atoms with Crippen LogP contribution in [0.2, 0.25) is 0 Å². The van der Waals surface area contributed by atoms with Crippen LogP contribution in [0.4, 0.5) is 5.69 Å². The van der Waals surface area contributed by atoms with Gasteiger partial charge in [-0.2, -0.15) is 0 Å². The van der Waals surface area contributed by atoms with Crippen molar-refractivity contribution in [3.8, 4) is 11.5 Å². The summed E-state index contributed by atoms with van der Waals surface area (Å²) in [5, 5.41) is 0. The van der Waals surface area contributed by atoms with Gasteiger partial charge < -0.3 is 14.4 Å². The van der Waals surface area contributed by atoms with Crippen LogP contribution in [-0.4, -0.2) is 51.9 Å². The maximum atomic E-state index is 12.2. The standard InChI is InChI=1S/C17H24N2O5S/c1-25(21,22)19(14-7-8-15-16(12-14)24-13-23-15)11-5-6-17(20)18-9-3-2-4-10-18/h7-8,12H,2-6,9-11,13H2,1H3. The Kier molecular flexibility index (Phi) is 5.36. The molecule has 1 saturated heterocycles. The van der Waals surface area contributed by atoms with Crippen molar-refractivity contribution in [2.45, 2.75) is 32.1 Å². The number of hydrogen-bond acceptors (Lipinski definition) is 5. The molecule has 0 radical (unpaired) electrons. The highest BCUT2D eigenvalue weighted by Crippen LogP contribution is 2.36. The quantitative estimate of drug-likeness (QED) is 0.767. The van der Waals surface area contributed by atoms with Gasteiger partial charge in [-0.25, -0.2) is 8.42 Å². The summed E-state index contributed by atoms with van der Waals surface area (Å²) in [6.07, 6.45) is 5.30. The minimum Gasteiger partial charge on any atom is -0.454 e. The highest BCUT2D eigenvalue weighted by atomic mass is 32.2. The SMILES string of the molecule is CS(=O)(=O)N(CCCC(=O)N1CCCCC1)c1ccc2c(c1)OCO2. The lowest BCUT2D eigenvalue weighted by Crippen LogP contribution is -2.36. The number of rotatable bonds is 6. The van der Waals surface area contributed by atoms with E-state index < -0.39 is 10.0 Å². The van der Waals surface area contributed by atoms with Crippen molar-refractivity contribution in [3.05, 3.63) is 18.2 Å². The fourth-order valence-corrected chi connectivity index (χ4v) is 4.16. The lowest BCUT2D eigenvalue weighted by molar-refractivity contribution is -0.132. The molecule has 0 atom stereocenters.